The van der Waals surface area contributed by atoms with Gasteiger partial charge in [-0.1, -0.05) is 26.0 Å². The first kappa shape index (κ1) is 18.7. The lowest BCUT2D eigenvalue weighted by Gasteiger charge is -2.16. The third kappa shape index (κ3) is 5.15. The SMILES string of the molecule is CCC(C)C(=O)Nc1cccc(CNC2=NCCN2C)c1.I. The second-order valence-electron chi connectivity index (χ2n) is 5.48. The first-order valence-corrected chi connectivity index (χ1v) is 7.49. The molecule has 22 heavy (non-hydrogen) atoms. The van der Waals surface area contributed by atoms with Crippen LogP contribution in [0.1, 0.15) is 25.8 Å². The highest BCUT2D eigenvalue weighted by Crippen LogP contribution is 2.13. The Morgan fingerprint density at radius 1 is 1.45 bits per heavy atom. The van der Waals surface area contributed by atoms with Gasteiger partial charge in [-0.3, -0.25) is 9.79 Å². The number of benzene rings is 1. The van der Waals surface area contributed by atoms with Gasteiger partial charge in [-0.15, -0.1) is 24.0 Å². The smallest absolute Gasteiger partial charge is 0.227 e. The van der Waals surface area contributed by atoms with Crippen LogP contribution in [0.25, 0.3) is 0 Å². The monoisotopic (exact) mass is 416 g/mol. The molecule has 1 aromatic carbocycles. The number of nitrogens with zero attached hydrogens (tertiary/aromatic N) is 2. The Kier molecular flexibility index (Phi) is 7.64. The van der Waals surface area contributed by atoms with Gasteiger partial charge in [0.1, 0.15) is 0 Å². The van der Waals surface area contributed by atoms with Crippen molar-refractivity contribution in [1.29, 1.82) is 0 Å². The largest absolute Gasteiger partial charge is 0.352 e. The normalized spacial score (nSPS) is 14.9. The minimum atomic E-state index is 0. The number of aliphatic imine (C=N–C) groups is 1. The summed E-state index contributed by atoms with van der Waals surface area (Å²) in [7, 11) is 2.03. The molecule has 122 valence electrons. The van der Waals surface area contributed by atoms with E-state index in [9.17, 15) is 4.79 Å². The molecule has 6 heteroatoms. The highest BCUT2D eigenvalue weighted by atomic mass is 127. The zero-order chi connectivity index (χ0) is 15.2. The number of amides is 1. The predicted molar refractivity (Wildman–Crippen MR) is 102 cm³/mol. The van der Waals surface area contributed by atoms with Gasteiger partial charge >= 0.3 is 0 Å². The summed E-state index contributed by atoms with van der Waals surface area (Å²) in [5.74, 6) is 1.04. The molecule has 0 saturated heterocycles. The molecule has 1 atom stereocenters. The Bertz CT molecular complexity index is 533. The molecule has 2 rings (SSSR count). The average molecular weight is 416 g/mol. The number of carbonyl (C=O) groups excluding carboxylic acids is 1. The topological polar surface area (TPSA) is 56.7 Å². The number of anilines is 1. The summed E-state index contributed by atoms with van der Waals surface area (Å²) in [6, 6.07) is 7.93. The average Bonchev–Trinajstić information content (AvgIpc) is 2.90. The zero-order valence-electron chi connectivity index (χ0n) is 13.4. The summed E-state index contributed by atoms with van der Waals surface area (Å²) < 4.78 is 0. The van der Waals surface area contributed by atoms with Gasteiger partial charge < -0.3 is 15.5 Å². The van der Waals surface area contributed by atoms with Gasteiger partial charge in [0.15, 0.2) is 5.96 Å². The number of rotatable bonds is 5. The fourth-order valence-corrected chi connectivity index (χ4v) is 2.11. The highest BCUT2D eigenvalue weighted by molar-refractivity contribution is 14.0. The van der Waals surface area contributed by atoms with Crippen LogP contribution in [-0.4, -0.2) is 36.9 Å². The van der Waals surface area contributed by atoms with Crippen LogP contribution in [0.5, 0.6) is 0 Å². The van der Waals surface area contributed by atoms with E-state index < -0.39 is 0 Å². The lowest BCUT2D eigenvalue weighted by Crippen LogP contribution is -2.35. The van der Waals surface area contributed by atoms with Crippen molar-refractivity contribution in [3.05, 3.63) is 29.8 Å². The summed E-state index contributed by atoms with van der Waals surface area (Å²) in [4.78, 5) is 18.4. The van der Waals surface area contributed by atoms with Crippen molar-refractivity contribution in [1.82, 2.24) is 10.2 Å². The number of hydrogen-bond donors (Lipinski definition) is 2. The summed E-state index contributed by atoms with van der Waals surface area (Å²) in [5.41, 5.74) is 1.97. The molecule has 1 unspecified atom stereocenters. The van der Waals surface area contributed by atoms with Crippen LogP contribution in [0, 0.1) is 5.92 Å². The Balaban J connectivity index is 0.00000242. The lowest BCUT2D eigenvalue weighted by molar-refractivity contribution is -0.119. The molecular formula is C16H25IN4O. The van der Waals surface area contributed by atoms with E-state index in [0.29, 0.717) is 6.54 Å². The molecule has 0 spiro atoms. The van der Waals surface area contributed by atoms with E-state index in [1.165, 1.54) is 0 Å². The van der Waals surface area contributed by atoms with Crippen LogP contribution in [0.15, 0.2) is 29.3 Å². The quantitative estimate of drug-likeness (QED) is 0.726. The maximum absolute atomic E-state index is 11.9. The van der Waals surface area contributed by atoms with Crippen LogP contribution in [0.3, 0.4) is 0 Å². The molecule has 1 heterocycles. The summed E-state index contributed by atoms with van der Waals surface area (Å²) in [6.07, 6.45) is 0.846. The number of hydrogen-bond acceptors (Lipinski definition) is 4. The maximum atomic E-state index is 11.9. The Morgan fingerprint density at radius 2 is 2.23 bits per heavy atom. The zero-order valence-corrected chi connectivity index (χ0v) is 15.8. The predicted octanol–water partition coefficient (Wildman–Crippen LogP) is 2.68. The molecule has 1 amide bonds. The van der Waals surface area contributed by atoms with Crippen molar-refractivity contribution in [2.75, 3.05) is 25.5 Å². The van der Waals surface area contributed by atoms with Gasteiger partial charge in [0.25, 0.3) is 0 Å². The molecular weight excluding hydrogens is 391 g/mol. The number of nitrogens with one attached hydrogen (secondary N) is 2. The molecule has 1 aliphatic rings. The first-order chi connectivity index (χ1) is 10.1. The molecule has 0 aromatic heterocycles. The minimum Gasteiger partial charge on any atom is -0.352 e. The minimum absolute atomic E-state index is 0. The lowest BCUT2D eigenvalue weighted by atomic mass is 10.1. The number of carbonyl (C=O) groups is 1. The molecule has 1 aromatic rings. The standard InChI is InChI=1S/C16H24N4O.HI/c1-4-12(2)15(21)19-14-7-5-6-13(10-14)11-18-16-17-8-9-20(16)3;/h5-7,10,12H,4,8-9,11H2,1-3H3,(H,17,18)(H,19,21);1H. The van der Waals surface area contributed by atoms with Crippen LogP contribution in [0.2, 0.25) is 0 Å². The second kappa shape index (κ2) is 8.97. The van der Waals surface area contributed by atoms with E-state index in [-0.39, 0.29) is 35.8 Å². The van der Waals surface area contributed by atoms with Crippen molar-refractivity contribution >= 4 is 41.5 Å². The fraction of sp³-hybridized carbons (Fsp3) is 0.500. The van der Waals surface area contributed by atoms with Gasteiger partial charge in [-0.2, -0.15) is 0 Å². The summed E-state index contributed by atoms with van der Waals surface area (Å²) >= 11 is 0. The molecule has 5 nitrogen and oxygen atoms in total. The van der Waals surface area contributed by atoms with Crippen LogP contribution < -0.4 is 10.6 Å². The van der Waals surface area contributed by atoms with Crippen molar-refractivity contribution in [2.24, 2.45) is 10.9 Å². The van der Waals surface area contributed by atoms with E-state index in [2.05, 4.69) is 20.5 Å². The van der Waals surface area contributed by atoms with E-state index in [0.717, 1.165) is 36.7 Å². The second-order valence-corrected chi connectivity index (χ2v) is 5.48. The first-order valence-electron chi connectivity index (χ1n) is 7.49. The fourth-order valence-electron chi connectivity index (χ4n) is 2.11. The summed E-state index contributed by atoms with van der Waals surface area (Å²) in [5, 5.41) is 6.29. The van der Waals surface area contributed by atoms with Crippen molar-refractivity contribution in [2.45, 2.75) is 26.8 Å². The molecule has 1 aliphatic heterocycles. The van der Waals surface area contributed by atoms with Crippen molar-refractivity contribution in [3.8, 4) is 0 Å². The van der Waals surface area contributed by atoms with E-state index in [1.807, 2.05) is 45.2 Å². The molecule has 0 bridgehead atoms. The van der Waals surface area contributed by atoms with E-state index in [4.69, 9.17) is 0 Å². The Labute approximate surface area is 149 Å². The third-order valence-corrected chi connectivity index (χ3v) is 3.76. The van der Waals surface area contributed by atoms with Crippen molar-refractivity contribution < 1.29 is 4.79 Å². The van der Waals surface area contributed by atoms with Gasteiger partial charge in [-0.05, 0) is 24.1 Å². The molecule has 0 saturated carbocycles. The van der Waals surface area contributed by atoms with Gasteiger partial charge in [0.05, 0.1) is 6.54 Å². The molecule has 0 aliphatic carbocycles. The van der Waals surface area contributed by atoms with Crippen LogP contribution in [0.4, 0.5) is 5.69 Å². The summed E-state index contributed by atoms with van der Waals surface area (Å²) in [6.45, 7) is 6.48. The van der Waals surface area contributed by atoms with Crippen molar-refractivity contribution in [3.63, 3.8) is 0 Å². The Hall–Kier alpha value is -1.31. The maximum Gasteiger partial charge on any atom is 0.227 e. The van der Waals surface area contributed by atoms with Gasteiger partial charge in [0, 0.05) is 31.7 Å². The van der Waals surface area contributed by atoms with Gasteiger partial charge in [0.2, 0.25) is 5.91 Å². The highest BCUT2D eigenvalue weighted by Gasteiger charge is 2.12. The number of halogens is 1. The van der Waals surface area contributed by atoms with Gasteiger partial charge in [-0.25, -0.2) is 0 Å². The number of guanidine groups is 1. The van der Waals surface area contributed by atoms with Crippen LogP contribution in [-0.2, 0) is 11.3 Å². The van der Waals surface area contributed by atoms with Crippen LogP contribution >= 0.6 is 24.0 Å². The van der Waals surface area contributed by atoms with E-state index in [1.54, 1.807) is 0 Å². The third-order valence-electron chi connectivity index (χ3n) is 3.76. The molecule has 2 N–H and O–H groups in total. The Morgan fingerprint density at radius 3 is 2.86 bits per heavy atom. The number of likely N-dealkylation sites (N-methyl/N-ethyl adjacent to an activating group) is 1. The molecule has 0 fully saturated rings. The van der Waals surface area contributed by atoms with E-state index >= 15 is 0 Å². The molecule has 0 radical (unpaired) electrons.